The summed E-state index contributed by atoms with van der Waals surface area (Å²) in [5, 5.41) is 0. The summed E-state index contributed by atoms with van der Waals surface area (Å²) in [5.74, 6) is 0. The molecule has 0 atom stereocenters. The molecule has 0 saturated carbocycles. The molecule has 0 aliphatic heterocycles. The van der Waals surface area contributed by atoms with Gasteiger partial charge >= 0.3 is 7.82 Å². The lowest BCUT2D eigenvalue weighted by Crippen LogP contribution is -2.18. The summed E-state index contributed by atoms with van der Waals surface area (Å²) in [6, 6.07) is 0. The van der Waals surface area contributed by atoms with Gasteiger partial charge in [0.25, 0.3) is 0 Å². The molecule has 0 amide bonds. The van der Waals surface area contributed by atoms with Crippen LogP contribution in [0.3, 0.4) is 0 Å². The van der Waals surface area contributed by atoms with E-state index in [2.05, 4.69) is 27.7 Å². The normalized spacial score (nSPS) is 12.5. The zero-order chi connectivity index (χ0) is 16.8. The summed E-state index contributed by atoms with van der Waals surface area (Å²) in [4.78, 5) is 0. The molecule has 0 aromatic carbocycles. The zero-order valence-corrected chi connectivity index (χ0v) is 16.2. The fraction of sp³-hybridized carbons (Fsp3) is 1.00. The molecule has 0 aliphatic carbocycles. The molecular formula is C17H37O4P. The third-order valence-corrected chi connectivity index (χ3v) is 5.06. The molecule has 0 spiro atoms. The van der Waals surface area contributed by atoms with Gasteiger partial charge in [0, 0.05) is 0 Å². The Labute approximate surface area is 137 Å². The largest absolute Gasteiger partial charge is 0.475 e. The van der Waals surface area contributed by atoms with Gasteiger partial charge < -0.3 is 0 Å². The van der Waals surface area contributed by atoms with Gasteiger partial charge in [-0.1, -0.05) is 60.3 Å². The Morgan fingerprint density at radius 1 is 0.682 bits per heavy atom. The van der Waals surface area contributed by atoms with E-state index in [0.29, 0.717) is 6.61 Å². The second kappa shape index (κ2) is 13.5. The summed E-state index contributed by atoms with van der Waals surface area (Å²) >= 11 is 0. The highest BCUT2D eigenvalue weighted by atomic mass is 31.2. The number of hydrogen-bond donors (Lipinski definition) is 0. The van der Waals surface area contributed by atoms with Crippen LogP contribution in [0.15, 0.2) is 0 Å². The number of phosphoric ester groups is 1. The Morgan fingerprint density at radius 2 is 1.05 bits per heavy atom. The van der Waals surface area contributed by atoms with Crippen LogP contribution >= 0.6 is 7.82 Å². The Balaban J connectivity index is 4.88. The van der Waals surface area contributed by atoms with Gasteiger partial charge in [0.2, 0.25) is 0 Å². The molecule has 22 heavy (non-hydrogen) atoms. The monoisotopic (exact) mass is 336 g/mol. The van der Waals surface area contributed by atoms with Gasteiger partial charge in [-0.2, -0.15) is 0 Å². The average molecular weight is 336 g/mol. The molecule has 0 radical (unpaired) electrons. The van der Waals surface area contributed by atoms with Crippen LogP contribution in [0.5, 0.6) is 0 Å². The molecule has 0 unspecified atom stereocenters. The fourth-order valence-corrected chi connectivity index (χ4v) is 4.17. The smallest absolute Gasteiger partial charge is 0.287 e. The number of rotatable bonds is 15. The Hall–Kier alpha value is 0.110. The second-order valence-electron chi connectivity index (χ2n) is 5.89. The molecule has 0 bridgehead atoms. The first-order valence-electron chi connectivity index (χ1n) is 9.16. The van der Waals surface area contributed by atoms with Crippen LogP contribution in [0.4, 0.5) is 0 Å². The van der Waals surface area contributed by atoms with Crippen LogP contribution in [-0.4, -0.2) is 18.8 Å². The van der Waals surface area contributed by atoms with E-state index >= 15 is 0 Å². The topological polar surface area (TPSA) is 44.8 Å². The minimum Gasteiger partial charge on any atom is -0.287 e. The van der Waals surface area contributed by atoms with Crippen molar-refractivity contribution in [3.8, 4) is 0 Å². The maximum atomic E-state index is 13.0. The van der Waals surface area contributed by atoms with Crippen molar-refractivity contribution < 1.29 is 18.1 Å². The van der Waals surface area contributed by atoms with E-state index in [9.17, 15) is 4.57 Å². The lowest BCUT2D eigenvalue weighted by Gasteiger charge is -2.27. The van der Waals surface area contributed by atoms with Gasteiger partial charge in [0.1, 0.15) is 0 Å². The number of hydrogen-bond acceptors (Lipinski definition) is 4. The molecule has 0 aromatic rings. The van der Waals surface area contributed by atoms with Crippen molar-refractivity contribution in [3.05, 3.63) is 0 Å². The first-order chi connectivity index (χ1) is 10.5. The lowest BCUT2D eigenvalue weighted by atomic mass is 10.1. The predicted octanol–water partition coefficient (Wildman–Crippen LogP) is 6.49. The SMILES string of the molecule is CCCOP(=O)(OC(CCC)CCC)OC(CCC)CCC. The van der Waals surface area contributed by atoms with Gasteiger partial charge in [-0.25, -0.2) is 4.57 Å². The van der Waals surface area contributed by atoms with E-state index in [-0.39, 0.29) is 12.2 Å². The Bertz CT molecular complexity index is 262. The summed E-state index contributed by atoms with van der Waals surface area (Å²) in [6.07, 6.45) is 8.31. The van der Waals surface area contributed by atoms with Crippen molar-refractivity contribution in [1.29, 1.82) is 0 Å². The van der Waals surface area contributed by atoms with Crippen molar-refractivity contribution in [2.24, 2.45) is 0 Å². The van der Waals surface area contributed by atoms with E-state index in [1.165, 1.54) is 0 Å². The minimum absolute atomic E-state index is 0.0402. The van der Waals surface area contributed by atoms with Crippen LogP contribution in [0.25, 0.3) is 0 Å². The molecule has 134 valence electrons. The van der Waals surface area contributed by atoms with Gasteiger partial charge in [-0.15, -0.1) is 0 Å². The molecule has 0 N–H and O–H groups in total. The maximum Gasteiger partial charge on any atom is 0.475 e. The van der Waals surface area contributed by atoms with Crippen LogP contribution in [0.2, 0.25) is 0 Å². The van der Waals surface area contributed by atoms with Gasteiger partial charge in [0.05, 0.1) is 18.8 Å². The third-order valence-electron chi connectivity index (χ3n) is 3.45. The molecule has 0 aliphatic rings. The predicted molar refractivity (Wildman–Crippen MR) is 93.2 cm³/mol. The second-order valence-corrected chi connectivity index (χ2v) is 7.46. The van der Waals surface area contributed by atoms with Crippen molar-refractivity contribution in [2.45, 2.75) is 105 Å². The molecule has 4 nitrogen and oxygen atoms in total. The van der Waals surface area contributed by atoms with Crippen LogP contribution in [0.1, 0.15) is 92.4 Å². The molecular weight excluding hydrogens is 299 g/mol. The molecule has 0 aromatic heterocycles. The van der Waals surface area contributed by atoms with Crippen LogP contribution in [0, 0.1) is 0 Å². The zero-order valence-electron chi connectivity index (χ0n) is 15.3. The highest BCUT2D eigenvalue weighted by Crippen LogP contribution is 2.53. The maximum absolute atomic E-state index is 13.0. The van der Waals surface area contributed by atoms with Crippen LogP contribution < -0.4 is 0 Å². The summed E-state index contributed by atoms with van der Waals surface area (Å²) in [5.41, 5.74) is 0. The van der Waals surface area contributed by atoms with E-state index in [1.54, 1.807) is 0 Å². The van der Waals surface area contributed by atoms with Crippen molar-refractivity contribution in [1.82, 2.24) is 0 Å². The van der Waals surface area contributed by atoms with Crippen molar-refractivity contribution in [3.63, 3.8) is 0 Å². The van der Waals surface area contributed by atoms with E-state index in [4.69, 9.17) is 13.6 Å². The standard InChI is InChI=1S/C17H37O4P/c1-6-11-16(12-7-2)20-22(18,19-15-10-5)21-17(13-8-3)14-9-4/h16-17H,6-15H2,1-5H3. The first kappa shape index (κ1) is 22.1. The lowest BCUT2D eigenvalue weighted by molar-refractivity contribution is 0.0410. The summed E-state index contributed by atoms with van der Waals surface area (Å²) in [6.45, 7) is 10.9. The quantitative estimate of drug-likeness (QED) is 0.320. The molecule has 0 heterocycles. The average Bonchev–Trinajstić information content (AvgIpc) is 2.46. The fourth-order valence-electron chi connectivity index (χ4n) is 2.44. The Kier molecular flexibility index (Phi) is 13.6. The molecule has 5 heteroatoms. The first-order valence-corrected chi connectivity index (χ1v) is 10.6. The van der Waals surface area contributed by atoms with Gasteiger partial charge in [-0.3, -0.25) is 13.6 Å². The molecule has 0 saturated heterocycles. The van der Waals surface area contributed by atoms with Crippen molar-refractivity contribution in [2.75, 3.05) is 6.61 Å². The summed E-state index contributed by atoms with van der Waals surface area (Å²) < 4.78 is 30.3. The van der Waals surface area contributed by atoms with Crippen LogP contribution in [-0.2, 0) is 18.1 Å². The minimum atomic E-state index is -3.47. The molecule has 0 rings (SSSR count). The third kappa shape index (κ3) is 9.99. The van der Waals surface area contributed by atoms with E-state index in [1.807, 2.05) is 6.92 Å². The molecule has 0 fully saturated rings. The van der Waals surface area contributed by atoms with E-state index < -0.39 is 7.82 Å². The number of phosphoric acid groups is 1. The highest BCUT2D eigenvalue weighted by molar-refractivity contribution is 7.48. The highest BCUT2D eigenvalue weighted by Gasteiger charge is 2.33. The van der Waals surface area contributed by atoms with E-state index in [0.717, 1.165) is 57.8 Å². The van der Waals surface area contributed by atoms with Gasteiger partial charge in [-0.05, 0) is 32.1 Å². The Morgan fingerprint density at radius 3 is 1.32 bits per heavy atom. The van der Waals surface area contributed by atoms with Crippen molar-refractivity contribution >= 4 is 7.82 Å². The summed E-state index contributed by atoms with van der Waals surface area (Å²) in [7, 11) is -3.47. The van der Waals surface area contributed by atoms with Gasteiger partial charge in [0.15, 0.2) is 0 Å².